The Bertz CT molecular complexity index is 1650. The van der Waals surface area contributed by atoms with E-state index in [0.717, 1.165) is 9.54 Å². The van der Waals surface area contributed by atoms with E-state index in [2.05, 4.69) is 9.97 Å². The first-order chi connectivity index (χ1) is 18.1. The summed E-state index contributed by atoms with van der Waals surface area (Å²) in [6.07, 6.45) is 1.55. The quantitative estimate of drug-likeness (QED) is 0.208. The number of carbonyl (C=O) groups is 1. The zero-order valence-electron chi connectivity index (χ0n) is 22.0. The summed E-state index contributed by atoms with van der Waals surface area (Å²) in [5.41, 5.74) is 1.96. The minimum Gasteiger partial charge on any atom is -0.546 e. The van der Waals surface area contributed by atoms with E-state index in [1.54, 1.807) is 25.3 Å². The topological polar surface area (TPSA) is 150 Å². The summed E-state index contributed by atoms with van der Waals surface area (Å²) < 4.78 is 57.9. The number of pyridine rings is 1. The first kappa shape index (κ1) is 30.6. The molecule has 2 aromatic carbocycles. The van der Waals surface area contributed by atoms with Gasteiger partial charge in [-0.15, -0.1) is 0 Å². The van der Waals surface area contributed by atoms with E-state index >= 15 is 0 Å². The van der Waals surface area contributed by atoms with Gasteiger partial charge in [0.25, 0.3) is 10.0 Å². The summed E-state index contributed by atoms with van der Waals surface area (Å²) in [6.45, 7) is 2.88. The predicted molar refractivity (Wildman–Crippen MR) is 136 cm³/mol. The molecule has 2 aromatic heterocycles. The Balaban J connectivity index is 0.00000420. The van der Waals surface area contributed by atoms with Gasteiger partial charge >= 0.3 is 29.6 Å². The minimum atomic E-state index is -4.25. The van der Waals surface area contributed by atoms with Crippen LogP contribution in [-0.2, 0) is 31.4 Å². The van der Waals surface area contributed by atoms with Crippen molar-refractivity contribution in [1.82, 2.24) is 13.9 Å². The first-order valence-electron chi connectivity index (χ1n) is 11.2. The molecule has 0 aliphatic heterocycles. The molecule has 0 aliphatic rings. The first-order valence-corrected chi connectivity index (χ1v) is 13.9. The number of imidazole rings is 1. The average molecular weight is 582 g/mol. The zero-order valence-corrected chi connectivity index (χ0v) is 25.6. The van der Waals surface area contributed by atoms with Crippen LogP contribution in [0.1, 0.15) is 17.0 Å². The molecule has 39 heavy (non-hydrogen) atoms. The molecule has 0 N–H and O–H groups in total. The van der Waals surface area contributed by atoms with E-state index in [1.165, 1.54) is 44.6 Å². The third kappa shape index (κ3) is 6.28. The molecule has 2 heterocycles. The minimum absolute atomic E-state index is 0. The fourth-order valence-electron chi connectivity index (χ4n) is 3.96. The van der Waals surface area contributed by atoms with Gasteiger partial charge in [-0.2, -0.15) is 0 Å². The second kappa shape index (κ2) is 12.5. The van der Waals surface area contributed by atoms with Crippen LogP contribution in [0.2, 0.25) is 0 Å². The Morgan fingerprint density at radius 2 is 1.72 bits per heavy atom. The standard InChI is InChI=1S/C25H25N3O8S2.Na/c1-15-12-26-25(16(2)24(15)35-4)37(31)14-22-27-20-10-7-18(34-3)11-21(20)28(22)38(32,33)19-8-5-17(6-9-19)36-13-23(29)30;/h5-12H,13-14H2,1-4H3,(H,29,30);/q;+1/p-1. The van der Waals surface area contributed by atoms with Crippen molar-refractivity contribution >= 4 is 37.8 Å². The van der Waals surface area contributed by atoms with Gasteiger partial charge in [0.05, 0.1) is 52.7 Å². The number of nitrogens with zero attached hydrogens (tertiary/aromatic N) is 3. The van der Waals surface area contributed by atoms with Gasteiger partial charge in [-0.1, -0.05) is 0 Å². The molecule has 0 spiro atoms. The summed E-state index contributed by atoms with van der Waals surface area (Å²) in [5.74, 6) is -0.507. The van der Waals surface area contributed by atoms with Crippen molar-refractivity contribution in [2.24, 2.45) is 0 Å². The van der Waals surface area contributed by atoms with E-state index in [1.807, 2.05) is 6.92 Å². The van der Waals surface area contributed by atoms with Gasteiger partial charge in [-0.25, -0.2) is 22.4 Å². The molecule has 0 saturated heterocycles. The Morgan fingerprint density at radius 3 is 2.33 bits per heavy atom. The number of carboxylic acids is 1. The van der Waals surface area contributed by atoms with Crippen molar-refractivity contribution in [1.29, 1.82) is 0 Å². The van der Waals surface area contributed by atoms with Crippen molar-refractivity contribution in [3.63, 3.8) is 0 Å². The number of hydrogen-bond acceptors (Lipinski definition) is 10. The largest absolute Gasteiger partial charge is 1.00 e. The molecule has 200 valence electrons. The Hall–Kier alpha value is -2.97. The molecule has 0 radical (unpaired) electrons. The summed E-state index contributed by atoms with van der Waals surface area (Å²) in [5, 5.41) is 10.9. The fraction of sp³-hybridized carbons (Fsp3) is 0.240. The summed E-state index contributed by atoms with van der Waals surface area (Å²) in [7, 11) is -3.05. The van der Waals surface area contributed by atoms with Crippen LogP contribution < -0.4 is 48.9 Å². The number of hydrogen-bond donors (Lipinski definition) is 0. The Morgan fingerprint density at radius 1 is 1.05 bits per heavy atom. The predicted octanol–water partition coefficient (Wildman–Crippen LogP) is -1.26. The van der Waals surface area contributed by atoms with Crippen LogP contribution in [0.3, 0.4) is 0 Å². The van der Waals surface area contributed by atoms with Crippen molar-refractivity contribution in [3.8, 4) is 17.2 Å². The van der Waals surface area contributed by atoms with Gasteiger partial charge in [0.2, 0.25) is 0 Å². The molecule has 1 atom stereocenters. The zero-order chi connectivity index (χ0) is 27.6. The number of carboxylic acid groups (broad SMARTS) is 1. The molecule has 14 heteroatoms. The molecular weight excluding hydrogens is 557 g/mol. The van der Waals surface area contributed by atoms with Crippen LogP contribution in [0, 0.1) is 13.8 Å². The number of carbonyl (C=O) groups excluding carboxylic acids is 1. The number of aromatic nitrogens is 3. The number of aliphatic carboxylic acids is 1. The van der Waals surface area contributed by atoms with Crippen molar-refractivity contribution < 1.29 is 66.3 Å². The van der Waals surface area contributed by atoms with Crippen LogP contribution >= 0.6 is 0 Å². The fourth-order valence-corrected chi connectivity index (χ4v) is 6.69. The van der Waals surface area contributed by atoms with Crippen molar-refractivity contribution in [3.05, 3.63) is 65.6 Å². The molecule has 4 rings (SSSR count). The van der Waals surface area contributed by atoms with Crippen molar-refractivity contribution in [2.45, 2.75) is 29.5 Å². The summed E-state index contributed by atoms with van der Waals surface area (Å²) in [4.78, 5) is 19.3. The number of benzene rings is 2. The molecule has 11 nitrogen and oxygen atoms in total. The van der Waals surface area contributed by atoms with Crippen LogP contribution in [-0.4, -0.2) is 53.4 Å². The van der Waals surface area contributed by atoms with E-state index < -0.39 is 33.4 Å². The normalized spacial score (nSPS) is 12.0. The van der Waals surface area contributed by atoms with Crippen molar-refractivity contribution in [2.75, 3.05) is 20.8 Å². The third-order valence-corrected chi connectivity index (χ3v) is 8.80. The van der Waals surface area contributed by atoms with Crippen LogP contribution in [0.5, 0.6) is 17.2 Å². The van der Waals surface area contributed by atoms with Gasteiger partial charge in [0.1, 0.15) is 34.7 Å². The molecular formula is C25H24N3NaO8S2. The molecule has 0 bridgehead atoms. The molecule has 0 fully saturated rings. The summed E-state index contributed by atoms with van der Waals surface area (Å²) in [6, 6.07) is 10.0. The SMILES string of the molecule is COc1ccc2nc(CS(=O)c3ncc(C)c(OC)c3C)n(S(=O)(=O)c3ccc(OCC(=O)[O-])cc3)c2c1.[Na+]. The maximum atomic E-state index is 13.8. The van der Waals surface area contributed by atoms with Gasteiger partial charge in [-0.05, 0) is 50.2 Å². The smallest absolute Gasteiger partial charge is 0.546 e. The van der Waals surface area contributed by atoms with Gasteiger partial charge in [0, 0.05) is 23.4 Å². The van der Waals surface area contributed by atoms with Crippen LogP contribution in [0.4, 0.5) is 0 Å². The number of fused-ring (bicyclic) bond motifs is 1. The average Bonchev–Trinajstić information content (AvgIpc) is 3.25. The Labute approximate surface area is 249 Å². The second-order valence-electron chi connectivity index (χ2n) is 8.18. The monoisotopic (exact) mass is 581 g/mol. The van der Waals surface area contributed by atoms with E-state index in [4.69, 9.17) is 14.2 Å². The van der Waals surface area contributed by atoms with E-state index in [0.29, 0.717) is 22.6 Å². The molecule has 4 aromatic rings. The van der Waals surface area contributed by atoms with E-state index in [9.17, 15) is 22.5 Å². The van der Waals surface area contributed by atoms with Gasteiger partial charge in [-0.3, -0.25) is 4.21 Å². The number of aryl methyl sites for hydroxylation is 1. The van der Waals surface area contributed by atoms with Crippen LogP contribution in [0.15, 0.2) is 58.6 Å². The van der Waals surface area contributed by atoms with Gasteiger partial charge in [0.15, 0.2) is 0 Å². The molecule has 0 saturated carbocycles. The number of rotatable bonds is 10. The molecule has 0 aliphatic carbocycles. The molecule has 1 unspecified atom stereocenters. The molecule has 0 amide bonds. The maximum Gasteiger partial charge on any atom is 1.00 e. The Kier molecular flexibility index (Phi) is 9.78. The summed E-state index contributed by atoms with van der Waals surface area (Å²) >= 11 is 0. The second-order valence-corrected chi connectivity index (χ2v) is 11.3. The number of methoxy groups -OCH3 is 2. The maximum absolute atomic E-state index is 13.8. The third-order valence-electron chi connectivity index (χ3n) is 5.68. The van der Waals surface area contributed by atoms with Gasteiger partial charge < -0.3 is 24.1 Å². The van der Waals surface area contributed by atoms with Crippen LogP contribution in [0.25, 0.3) is 11.0 Å². The number of ether oxygens (including phenoxy) is 3. The van der Waals surface area contributed by atoms with E-state index in [-0.39, 0.29) is 62.3 Å².